The van der Waals surface area contributed by atoms with Crippen LogP contribution in [0.2, 0.25) is 0 Å². The van der Waals surface area contributed by atoms with Crippen molar-refractivity contribution >= 4 is 0 Å². The van der Waals surface area contributed by atoms with E-state index in [9.17, 15) is 0 Å². The lowest BCUT2D eigenvalue weighted by atomic mass is 10.2. The van der Waals surface area contributed by atoms with Crippen LogP contribution in [-0.4, -0.2) is 0 Å². The van der Waals surface area contributed by atoms with Crippen molar-refractivity contribution in [3.8, 4) is 0 Å². The van der Waals surface area contributed by atoms with Crippen LogP contribution in [0.1, 0.15) is 5.56 Å². The average Bonchev–Trinajstić information content (AvgIpc) is 2.21. The molecule has 1 aromatic carbocycles. The van der Waals surface area contributed by atoms with Gasteiger partial charge in [-0.2, -0.15) is 0 Å². The Labute approximate surface area is 78.3 Å². The van der Waals surface area contributed by atoms with Gasteiger partial charge in [-0.25, -0.2) is 4.57 Å². The molecule has 0 aliphatic rings. The highest BCUT2D eigenvalue weighted by Gasteiger charge is 1.98. The van der Waals surface area contributed by atoms with Crippen LogP contribution in [0.4, 0.5) is 0 Å². The first-order chi connectivity index (χ1) is 6.45. The Hall–Kier alpha value is -1.63. The second-order valence-corrected chi connectivity index (χ2v) is 2.96. The first kappa shape index (κ1) is 7.99. The third kappa shape index (κ3) is 2.15. The van der Waals surface area contributed by atoms with Crippen molar-refractivity contribution in [2.45, 2.75) is 6.54 Å². The van der Waals surface area contributed by atoms with Gasteiger partial charge in [-0.1, -0.05) is 30.3 Å². The zero-order chi connectivity index (χ0) is 8.93. The first-order valence-electron chi connectivity index (χ1n) is 4.34. The summed E-state index contributed by atoms with van der Waals surface area (Å²) in [6, 6.07) is 17.3. The van der Waals surface area contributed by atoms with Crippen molar-refractivity contribution in [2.75, 3.05) is 0 Å². The first-order valence-corrected chi connectivity index (χ1v) is 4.34. The second kappa shape index (κ2) is 3.85. The highest BCUT2D eigenvalue weighted by molar-refractivity contribution is 5.13. The van der Waals surface area contributed by atoms with Crippen molar-refractivity contribution in [1.29, 1.82) is 0 Å². The Bertz CT molecular complexity index is 316. The van der Waals surface area contributed by atoms with Crippen LogP contribution in [0.25, 0.3) is 0 Å². The van der Waals surface area contributed by atoms with Gasteiger partial charge in [0.1, 0.15) is 0 Å². The molecule has 1 nitrogen and oxygen atoms in total. The second-order valence-electron chi connectivity index (χ2n) is 2.96. The van der Waals surface area contributed by atoms with Gasteiger partial charge in [-0.3, -0.25) is 0 Å². The number of hydrogen-bond acceptors (Lipinski definition) is 0. The minimum atomic E-state index is 0.915. The van der Waals surface area contributed by atoms with E-state index in [2.05, 4.69) is 34.9 Å². The minimum Gasteiger partial charge on any atom is -0.200 e. The van der Waals surface area contributed by atoms with E-state index in [0.717, 1.165) is 6.54 Å². The molecule has 0 fully saturated rings. The van der Waals surface area contributed by atoms with E-state index in [1.54, 1.807) is 0 Å². The molecule has 13 heavy (non-hydrogen) atoms. The highest BCUT2D eigenvalue weighted by atomic mass is 14.9. The van der Waals surface area contributed by atoms with Crippen LogP contribution in [0.5, 0.6) is 0 Å². The third-order valence-electron chi connectivity index (χ3n) is 1.92. The maximum Gasteiger partial charge on any atom is 0.177 e. The summed E-state index contributed by atoms with van der Waals surface area (Å²) in [4.78, 5) is 0. The Balaban J connectivity index is 2.16. The number of rotatable bonds is 2. The lowest BCUT2D eigenvalue weighted by Gasteiger charge is -1.95. The minimum absolute atomic E-state index is 0.915. The topological polar surface area (TPSA) is 3.88 Å². The maximum atomic E-state index is 3.04. The standard InChI is InChI=1S/C12H11N/c1-3-7-12(8-4-1)11-13-9-5-2-6-10-13/h1-5,7-10H,11H2/q+1. The third-order valence-corrected chi connectivity index (χ3v) is 1.92. The molecule has 63 valence electrons. The molecule has 0 saturated heterocycles. The van der Waals surface area contributed by atoms with Gasteiger partial charge in [0, 0.05) is 11.6 Å². The van der Waals surface area contributed by atoms with E-state index < -0.39 is 0 Å². The van der Waals surface area contributed by atoms with E-state index in [1.165, 1.54) is 5.56 Å². The summed E-state index contributed by atoms with van der Waals surface area (Å²) in [6.07, 6.45) is 4.00. The summed E-state index contributed by atoms with van der Waals surface area (Å²) in [7, 11) is 0. The van der Waals surface area contributed by atoms with Gasteiger partial charge < -0.3 is 0 Å². The monoisotopic (exact) mass is 169 g/mol. The molecule has 0 unspecified atom stereocenters. The molecule has 1 aromatic heterocycles. The Morgan fingerprint density at radius 3 is 2.62 bits per heavy atom. The summed E-state index contributed by atoms with van der Waals surface area (Å²) >= 11 is 0. The molecule has 0 saturated carbocycles. The Morgan fingerprint density at radius 2 is 1.92 bits per heavy atom. The van der Waals surface area contributed by atoms with Crippen LogP contribution in [0, 0.1) is 6.07 Å². The average molecular weight is 169 g/mol. The molecule has 0 spiro atoms. The van der Waals surface area contributed by atoms with Gasteiger partial charge in [0.15, 0.2) is 18.9 Å². The molecule has 1 radical (unpaired) electrons. The fourth-order valence-electron chi connectivity index (χ4n) is 1.28. The molecule has 2 aromatic rings. The highest BCUT2D eigenvalue weighted by Crippen LogP contribution is 1.96. The van der Waals surface area contributed by atoms with Crippen LogP contribution in [0.3, 0.4) is 0 Å². The molecular weight excluding hydrogens is 158 g/mol. The number of benzene rings is 1. The summed E-state index contributed by atoms with van der Waals surface area (Å²) < 4.78 is 2.11. The van der Waals surface area contributed by atoms with Gasteiger partial charge in [-0.15, -0.1) is 0 Å². The van der Waals surface area contributed by atoms with Gasteiger partial charge in [0.25, 0.3) is 0 Å². The SMILES string of the molecule is [c]1ccc[n+](Cc2ccccc2)c1. The van der Waals surface area contributed by atoms with Gasteiger partial charge in [0.2, 0.25) is 0 Å². The summed E-state index contributed by atoms with van der Waals surface area (Å²) in [5.74, 6) is 0. The molecule has 2 rings (SSSR count). The molecular formula is C12H11N+. The molecule has 0 bridgehead atoms. The predicted molar refractivity (Wildman–Crippen MR) is 51.0 cm³/mol. The molecule has 1 heterocycles. The van der Waals surface area contributed by atoms with Crippen LogP contribution in [0.15, 0.2) is 54.9 Å². The molecule has 0 atom stereocenters. The zero-order valence-electron chi connectivity index (χ0n) is 7.35. The van der Waals surface area contributed by atoms with Gasteiger partial charge in [0.05, 0.1) is 6.07 Å². The van der Waals surface area contributed by atoms with Gasteiger partial charge >= 0.3 is 0 Å². The van der Waals surface area contributed by atoms with Crippen molar-refractivity contribution in [1.82, 2.24) is 0 Å². The summed E-state index contributed by atoms with van der Waals surface area (Å²) in [5, 5.41) is 0. The molecule has 1 heteroatoms. The van der Waals surface area contributed by atoms with Crippen molar-refractivity contribution in [2.24, 2.45) is 0 Å². The largest absolute Gasteiger partial charge is 0.200 e. The van der Waals surface area contributed by atoms with Gasteiger partial charge in [-0.05, 0) is 6.07 Å². The van der Waals surface area contributed by atoms with Crippen LogP contribution in [-0.2, 0) is 6.54 Å². The smallest absolute Gasteiger partial charge is 0.177 e. The normalized spacial score (nSPS) is 9.85. The van der Waals surface area contributed by atoms with Crippen molar-refractivity contribution < 1.29 is 4.57 Å². The number of pyridine rings is 1. The number of hydrogen-bond donors (Lipinski definition) is 0. The lowest BCUT2D eigenvalue weighted by molar-refractivity contribution is -0.688. The van der Waals surface area contributed by atoms with Crippen LogP contribution < -0.4 is 4.57 Å². The summed E-state index contributed by atoms with van der Waals surface area (Å²) in [6.45, 7) is 0.915. The quantitative estimate of drug-likeness (QED) is 0.604. The van der Waals surface area contributed by atoms with Crippen LogP contribution >= 0.6 is 0 Å². The molecule has 0 aliphatic heterocycles. The Kier molecular flexibility index (Phi) is 2.37. The zero-order valence-corrected chi connectivity index (χ0v) is 7.35. The van der Waals surface area contributed by atoms with E-state index in [0.29, 0.717) is 0 Å². The summed E-state index contributed by atoms with van der Waals surface area (Å²) in [5.41, 5.74) is 1.31. The predicted octanol–water partition coefficient (Wildman–Crippen LogP) is 1.82. The Morgan fingerprint density at radius 1 is 1.08 bits per heavy atom. The lowest BCUT2D eigenvalue weighted by Crippen LogP contribution is -2.32. The fraction of sp³-hybridized carbons (Fsp3) is 0.0833. The molecule has 0 N–H and O–H groups in total. The van der Waals surface area contributed by atoms with E-state index in [-0.39, 0.29) is 0 Å². The fourth-order valence-corrected chi connectivity index (χ4v) is 1.28. The maximum absolute atomic E-state index is 3.04. The number of nitrogens with zero attached hydrogens (tertiary/aromatic N) is 1. The van der Waals surface area contributed by atoms with Crippen molar-refractivity contribution in [3.05, 3.63) is 66.5 Å². The van der Waals surface area contributed by atoms with Crippen molar-refractivity contribution in [3.63, 3.8) is 0 Å². The van der Waals surface area contributed by atoms with E-state index in [4.69, 9.17) is 0 Å². The molecule has 0 aliphatic carbocycles. The number of aromatic nitrogens is 1. The molecule has 0 amide bonds. The van der Waals surface area contributed by atoms with E-state index in [1.807, 2.05) is 30.6 Å². The van der Waals surface area contributed by atoms with E-state index >= 15 is 0 Å².